The van der Waals surface area contributed by atoms with E-state index in [-0.39, 0.29) is 30.5 Å². The van der Waals surface area contributed by atoms with E-state index in [1.807, 2.05) is 71.3 Å². The van der Waals surface area contributed by atoms with Gasteiger partial charge in [0, 0.05) is 0 Å². The molecule has 0 amide bonds. The fourth-order valence-corrected chi connectivity index (χ4v) is 2.17. The van der Waals surface area contributed by atoms with Crippen molar-refractivity contribution >= 4 is 20.4 Å². The van der Waals surface area contributed by atoms with Gasteiger partial charge in [-0.15, -0.1) is 0 Å². The van der Waals surface area contributed by atoms with Gasteiger partial charge in [0.25, 0.3) is 0 Å². The van der Waals surface area contributed by atoms with Crippen molar-refractivity contribution in [2.45, 2.75) is 0 Å². The Morgan fingerprint density at radius 3 is 1.53 bits per heavy atom. The Morgan fingerprint density at radius 2 is 1.21 bits per heavy atom. The zero-order chi connectivity index (χ0) is 12.3. The van der Waals surface area contributed by atoms with E-state index in [1.165, 1.54) is 11.1 Å². The molecule has 0 fully saturated rings. The van der Waals surface area contributed by atoms with Crippen LogP contribution in [0.5, 0.6) is 0 Å². The third kappa shape index (κ3) is 9.53. The van der Waals surface area contributed by atoms with Gasteiger partial charge in [-0.3, -0.25) is 0 Å². The van der Waals surface area contributed by atoms with Crippen molar-refractivity contribution < 1.29 is 15.7 Å². The van der Waals surface area contributed by atoms with Gasteiger partial charge in [-0.05, 0) is 5.56 Å². The fourth-order valence-electron chi connectivity index (χ4n) is 1.15. The first-order valence-electron chi connectivity index (χ1n) is 5.13. The molecule has 0 aliphatic heterocycles. The maximum atomic E-state index is 5.55. The molecule has 2 aromatic rings. The molecule has 0 bridgehead atoms. The minimum atomic E-state index is 0. The van der Waals surface area contributed by atoms with Crippen LogP contribution in [0.4, 0.5) is 0 Å². The zero-order valence-electron chi connectivity index (χ0n) is 11.3. The van der Waals surface area contributed by atoms with Crippen LogP contribution in [0.25, 0.3) is 6.08 Å². The quantitative estimate of drug-likeness (QED) is 0.502. The third-order valence-corrected chi connectivity index (χ3v) is 3.14. The molecular formula is C17H20ClRh-2. The SMILES string of the molecule is C=Cc1ccccc1.[CH3-].[CH3-].[Cl][Rh]=[CH]c1ccccc1. The number of hydrogen-bond acceptors (Lipinski definition) is 0. The Hall–Kier alpha value is -1.04. The number of hydrogen-bond donors (Lipinski definition) is 0. The van der Waals surface area contributed by atoms with Gasteiger partial charge in [0.1, 0.15) is 0 Å². The molecule has 0 saturated carbocycles. The molecule has 0 N–H and O–H groups in total. The van der Waals surface area contributed by atoms with Crippen LogP contribution >= 0.6 is 9.69 Å². The number of halogens is 1. The molecule has 0 nitrogen and oxygen atoms in total. The molecular weight excluding hydrogens is 343 g/mol. The monoisotopic (exact) mass is 362 g/mol. The van der Waals surface area contributed by atoms with E-state index in [1.54, 1.807) is 0 Å². The van der Waals surface area contributed by atoms with E-state index in [0.717, 1.165) is 0 Å². The zero-order valence-corrected chi connectivity index (χ0v) is 13.7. The van der Waals surface area contributed by atoms with E-state index < -0.39 is 0 Å². The first kappa shape index (κ1) is 20.3. The molecule has 2 aromatic carbocycles. The summed E-state index contributed by atoms with van der Waals surface area (Å²) in [4.78, 5) is 0. The van der Waals surface area contributed by atoms with Crippen LogP contribution in [-0.2, 0) is 15.7 Å². The molecule has 2 rings (SSSR count). The predicted octanol–water partition coefficient (Wildman–Crippen LogP) is 5.30. The first-order chi connectivity index (χ1) is 8.36. The topological polar surface area (TPSA) is 0 Å². The van der Waals surface area contributed by atoms with Crippen LogP contribution < -0.4 is 0 Å². The second kappa shape index (κ2) is 13.4. The molecule has 106 valence electrons. The van der Waals surface area contributed by atoms with Gasteiger partial charge in [-0.2, -0.15) is 0 Å². The molecule has 0 radical (unpaired) electrons. The van der Waals surface area contributed by atoms with Gasteiger partial charge in [0.15, 0.2) is 0 Å². The van der Waals surface area contributed by atoms with Crippen molar-refractivity contribution in [2.24, 2.45) is 0 Å². The Balaban J connectivity index is 0. The van der Waals surface area contributed by atoms with Crippen molar-refractivity contribution in [2.75, 3.05) is 0 Å². The predicted molar refractivity (Wildman–Crippen MR) is 86.8 cm³/mol. The van der Waals surface area contributed by atoms with Gasteiger partial charge in [-0.25, -0.2) is 0 Å². The average Bonchev–Trinajstić information content (AvgIpc) is 2.42. The van der Waals surface area contributed by atoms with Crippen LogP contribution in [-0.4, -0.2) is 4.61 Å². The van der Waals surface area contributed by atoms with E-state index in [0.29, 0.717) is 0 Å². The summed E-state index contributed by atoms with van der Waals surface area (Å²) < 4.78 is 2.04. The van der Waals surface area contributed by atoms with Crippen LogP contribution in [0.3, 0.4) is 0 Å². The van der Waals surface area contributed by atoms with E-state index in [4.69, 9.17) is 9.69 Å². The Morgan fingerprint density at radius 1 is 0.789 bits per heavy atom. The van der Waals surface area contributed by atoms with E-state index in [2.05, 4.69) is 6.58 Å². The van der Waals surface area contributed by atoms with Crippen molar-refractivity contribution in [1.29, 1.82) is 0 Å². The third-order valence-electron chi connectivity index (χ3n) is 1.98. The molecule has 0 saturated heterocycles. The molecule has 0 atom stereocenters. The van der Waals surface area contributed by atoms with E-state index >= 15 is 0 Å². The molecule has 0 aromatic heterocycles. The van der Waals surface area contributed by atoms with Crippen LogP contribution in [0, 0.1) is 14.9 Å². The molecule has 0 unspecified atom stereocenters. The molecule has 0 aliphatic carbocycles. The molecule has 0 heterocycles. The number of rotatable bonds is 2. The van der Waals surface area contributed by atoms with Gasteiger partial charge < -0.3 is 14.9 Å². The fraction of sp³-hybridized carbons (Fsp3) is 0. The summed E-state index contributed by atoms with van der Waals surface area (Å²) in [5.74, 6) is 0. The van der Waals surface area contributed by atoms with Crippen molar-refractivity contribution in [3.8, 4) is 0 Å². The van der Waals surface area contributed by atoms with Gasteiger partial charge in [0.05, 0.1) is 0 Å². The summed E-state index contributed by atoms with van der Waals surface area (Å²) in [6, 6.07) is 20.1. The summed E-state index contributed by atoms with van der Waals surface area (Å²) in [5.41, 5.74) is 2.39. The van der Waals surface area contributed by atoms with Crippen molar-refractivity contribution in [3.05, 3.63) is 93.2 Å². The van der Waals surface area contributed by atoms with Gasteiger partial charge in [0.2, 0.25) is 0 Å². The minimum absolute atomic E-state index is 0. The average molecular weight is 363 g/mol. The Kier molecular flexibility index (Phi) is 14.3. The molecule has 0 spiro atoms. The maximum absolute atomic E-state index is 5.55. The summed E-state index contributed by atoms with van der Waals surface area (Å²) in [6.07, 6.45) is 1.83. The Bertz CT molecular complexity index is 449. The standard InChI is InChI=1S/C8H8.C7H6.2CH3.ClH.Rh/c1-2-8-6-4-3-5-7-8;1-7-5-3-2-4-6-7;;;;/h2-7H,1H2;1-6H;2*1H3;1H;/q;;2*-1;;+1/p-1. The second-order valence-corrected chi connectivity index (χ2v) is 4.89. The summed E-state index contributed by atoms with van der Waals surface area (Å²) >= 11 is 0.0710. The Labute approximate surface area is 129 Å². The molecule has 0 aliphatic rings. The summed E-state index contributed by atoms with van der Waals surface area (Å²) in [7, 11) is 5.55. The van der Waals surface area contributed by atoms with Gasteiger partial charge >= 0.3 is 65.9 Å². The van der Waals surface area contributed by atoms with Crippen molar-refractivity contribution in [3.63, 3.8) is 0 Å². The van der Waals surface area contributed by atoms with Crippen LogP contribution in [0.15, 0.2) is 67.2 Å². The number of benzene rings is 2. The molecule has 2 heteroatoms. The normalized spacial score (nSPS) is 9.32. The van der Waals surface area contributed by atoms with Crippen LogP contribution in [0.2, 0.25) is 0 Å². The van der Waals surface area contributed by atoms with Gasteiger partial charge in [-0.1, -0.05) is 43.0 Å². The summed E-state index contributed by atoms with van der Waals surface area (Å²) in [6.45, 7) is 3.63. The van der Waals surface area contributed by atoms with Crippen molar-refractivity contribution in [1.82, 2.24) is 0 Å². The van der Waals surface area contributed by atoms with E-state index in [9.17, 15) is 0 Å². The van der Waals surface area contributed by atoms with Crippen LogP contribution in [0.1, 0.15) is 11.1 Å². The summed E-state index contributed by atoms with van der Waals surface area (Å²) in [5, 5.41) is 0. The second-order valence-electron chi connectivity index (χ2n) is 3.19. The first-order valence-corrected chi connectivity index (χ1v) is 8.18. The molecule has 19 heavy (non-hydrogen) atoms.